The van der Waals surface area contributed by atoms with Crippen LogP contribution in [0.15, 0.2) is 0 Å². The first-order chi connectivity index (χ1) is 1.91. The van der Waals surface area contributed by atoms with Gasteiger partial charge in [0.15, 0.2) is 0 Å². The maximum atomic E-state index is 8.58. The fourth-order valence-corrected chi connectivity index (χ4v) is 0. The van der Waals surface area contributed by atoms with Crippen LogP contribution in [0.2, 0.25) is 0 Å². The number of carbonyl (C=O) groups excluding carboxylic acids is 1. The number of rotatable bonds is 1. The van der Waals surface area contributed by atoms with Gasteiger partial charge in [0.05, 0.1) is 0 Å². The second-order valence-corrected chi connectivity index (χ2v) is 0.175. The molecule has 0 aromatic carbocycles. The Morgan fingerprint density at radius 1 is 1.80 bits per heavy atom. The van der Waals surface area contributed by atoms with Crippen molar-refractivity contribution in [1.29, 1.82) is 0 Å². The van der Waals surface area contributed by atoms with Crippen molar-refractivity contribution in [2.75, 3.05) is 0 Å². The standard InChI is InChI=1S/CHO3.Ni/c2-1-4-3;/h3H;/q-1;. The molecular weight excluding hydrogens is 119 g/mol. The first-order valence-electron chi connectivity index (χ1n) is 0.591. The minimum Gasteiger partial charge on any atom is -0.509 e. The van der Waals surface area contributed by atoms with Crippen LogP contribution in [0.1, 0.15) is 0 Å². The summed E-state index contributed by atoms with van der Waals surface area (Å²) >= 11 is 0. The molecule has 1 N–H and O–H groups in total. The van der Waals surface area contributed by atoms with E-state index < -0.39 is 0 Å². The summed E-state index contributed by atoms with van der Waals surface area (Å²) in [6.07, 6.45) is 0. The van der Waals surface area contributed by atoms with Crippen LogP contribution in [0.25, 0.3) is 0 Å². The zero-order valence-corrected chi connectivity index (χ0v) is 3.07. The zero-order chi connectivity index (χ0) is 3.41. The van der Waals surface area contributed by atoms with Gasteiger partial charge < -0.3 is 9.68 Å². The van der Waals surface area contributed by atoms with Crippen molar-refractivity contribution in [3.63, 3.8) is 0 Å². The van der Waals surface area contributed by atoms with Gasteiger partial charge in [0.1, 0.15) is 0 Å². The molecule has 0 spiro atoms. The van der Waals surface area contributed by atoms with Crippen molar-refractivity contribution in [1.82, 2.24) is 0 Å². The molecule has 0 unspecified atom stereocenters. The SMILES string of the molecule is O=[C-]OO.[Ni]. The molecule has 0 heterocycles. The molecule has 0 atom stereocenters. The predicted octanol–water partition coefficient (Wildman–Crippen LogP) is -0.459. The molecule has 3 nitrogen and oxygen atoms in total. The Hall–Kier alpha value is -0.0765. The molecule has 34 valence electrons. The first-order valence-corrected chi connectivity index (χ1v) is 0.591. The summed E-state index contributed by atoms with van der Waals surface area (Å²) in [6, 6.07) is 0. The largest absolute Gasteiger partial charge is 0.509 e. The maximum absolute atomic E-state index is 8.58. The van der Waals surface area contributed by atoms with Gasteiger partial charge >= 0.3 is 0 Å². The van der Waals surface area contributed by atoms with E-state index in [1.54, 1.807) is 0 Å². The van der Waals surface area contributed by atoms with Crippen molar-refractivity contribution in [3.05, 3.63) is 0 Å². The number of hydrogen-bond acceptors (Lipinski definition) is 3. The summed E-state index contributed by atoms with van der Waals surface area (Å²) in [5.41, 5.74) is 0. The monoisotopic (exact) mass is 119 g/mol. The molecule has 0 radical (unpaired) electrons. The maximum Gasteiger partial charge on any atom is 0 e. The molecule has 0 aromatic rings. The molecule has 4 heteroatoms. The molecular formula is CHNiO3-. The van der Waals surface area contributed by atoms with Crippen molar-refractivity contribution >= 4 is 6.47 Å². The topological polar surface area (TPSA) is 46.5 Å². The quantitative estimate of drug-likeness (QED) is 0.220. The van der Waals surface area contributed by atoms with Crippen LogP contribution in [0.3, 0.4) is 0 Å². The Labute approximate surface area is 38.8 Å². The summed E-state index contributed by atoms with van der Waals surface area (Å²) in [5.74, 6) is 0. The molecule has 0 saturated heterocycles. The van der Waals surface area contributed by atoms with E-state index in [2.05, 4.69) is 4.89 Å². The molecule has 0 rings (SSSR count). The third-order valence-electron chi connectivity index (χ3n) is 0.0373. The summed E-state index contributed by atoms with van der Waals surface area (Å²) in [7, 11) is 0. The van der Waals surface area contributed by atoms with Crippen molar-refractivity contribution in [2.45, 2.75) is 0 Å². The summed E-state index contributed by atoms with van der Waals surface area (Å²) < 4.78 is 0. The van der Waals surface area contributed by atoms with Crippen molar-refractivity contribution < 1.29 is 31.4 Å². The van der Waals surface area contributed by atoms with Gasteiger partial charge in [-0.3, -0.25) is 0 Å². The van der Waals surface area contributed by atoms with E-state index in [-0.39, 0.29) is 16.5 Å². The molecule has 0 aliphatic rings. The molecule has 5 heavy (non-hydrogen) atoms. The molecule has 0 aromatic heterocycles. The van der Waals surface area contributed by atoms with Crippen LogP contribution in [0.5, 0.6) is 0 Å². The van der Waals surface area contributed by atoms with Gasteiger partial charge in [0, 0.05) is 16.5 Å². The predicted molar refractivity (Wildman–Crippen MR) is 9.41 cm³/mol. The van der Waals surface area contributed by atoms with Gasteiger partial charge in [0.2, 0.25) is 0 Å². The van der Waals surface area contributed by atoms with E-state index in [9.17, 15) is 0 Å². The average molecular weight is 120 g/mol. The summed E-state index contributed by atoms with van der Waals surface area (Å²) in [6.45, 7) is 0.736. The number of hydrogen-bond donors (Lipinski definition) is 1. The molecule has 0 amide bonds. The first kappa shape index (κ1) is 8.87. The van der Waals surface area contributed by atoms with E-state index in [1.807, 2.05) is 0 Å². The van der Waals surface area contributed by atoms with Crippen LogP contribution < -0.4 is 0 Å². The summed E-state index contributed by atoms with van der Waals surface area (Å²) in [5, 5.41) is 6.95. The van der Waals surface area contributed by atoms with Crippen LogP contribution in [0, 0.1) is 0 Å². The van der Waals surface area contributed by atoms with Crippen LogP contribution in [0.4, 0.5) is 0 Å². The second-order valence-electron chi connectivity index (χ2n) is 0.175. The van der Waals surface area contributed by atoms with E-state index in [0.717, 1.165) is 6.47 Å². The van der Waals surface area contributed by atoms with Gasteiger partial charge in [-0.2, -0.15) is 0 Å². The normalized spacial score (nSPS) is 4.20. The van der Waals surface area contributed by atoms with Gasteiger partial charge in [-0.15, -0.1) is 0 Å². The van der Waals surface area contributed by atoms with E-state index >= 15 is 0 Å². The smallest absolute Gasteiger partial charge is 0 e. The van der Waals surface area contributed by atoms with Crippen LogP contribution in [-0.2, 0) is 26.2 Å². The fraction of sp³-hybridized carbons (Fsp3) is 0. The Bertz CT molecular complexity index is 20.9. The van der Waals surface area contributed by atoms with Gasteiger partial charge in [0.25, 0.3) is 0 Å². The van der Waals surface area contributed by atoms with Crippen LogP contribution in [-0.4, -0.2) is 11.7 Å². The average Bonchev–Trinajstić information content (AvgIpc) is 1.37. The van der Waals surface area contributed by atoms with Gasteiger partial charge in [-0.1, -0.05) is 0 Å². The Morgan fingerprint density at radius 3 is 2.00 bits per heavy atom. The molecule has 0 fully saturated rings. The fourth-order valence-electron chi connectivity index (χ4n) is 0. The molecule has 0 aliphatic carbocycles. The molecule has 0 bridgehead atoms. The van der Waals surface area contributed by atoms with Crippen molar-refractivity contribution in [3.8, 4) is 0 Å². The third kappa shape index (κ3) is 17.0. The Morgan fingerprint density at radius 2 is 2.00 bits per heavy atom. The Kier molecular flexibility index (Phi) is 16.1. The molecule has 0 saturated carbocycles. The van der Waals surface area contributed by atoms with E-state index in [0.29, 0.717) is 0 Å². The van der Waals surface area contributed by atoms with E-state index in [4.69, 9.17) is 10.1 Å². The van der Waals surface area contributed by atoms with Gasteiger partial charge in [-0.25, -0.2) is 5.26 Å². The minimum atomic E-state index is 0. The van der Waals surface area contributed by atoms with E-state index in [1.165, 1.54) is 0 Å². The van der Waals surface area contributed by atoms with Gasteiger partial charge in [-0.05, 0) is 6.47 Å². The molecule has 0 aliphatic heterocycles. The summed E-state index contributed by atoms with van der Waals surface area (Å²) in [4.78, 5) is 11.3. The van der Waals surface area contributed by atoms with Crippen LogP contribution >= 0.6 is 0 Å². The third-order valence-corrected chi connectivity index (χ3v) is 0.0373. The zero-order valence-electron chi connectivity index (χ0n) is 2.08. The second kappa shape index (κ2) is 9.06. The Balaban J connectivity index is 0. The van der Waals surface area contributed by atoms with Crippen molar-refractivity contribution in [2.24, 2.45) is 0 Å². The minimum absolute atomic E-state index is 0.